The number of hydrogen-bond acceptors (Lipinski definition) is 3. The summed E-state index contributed by atoms with van der Waals surface area (Å²) in [6, 6.07) is 1.72. The van der Waals surface area contributed by atoms with Crippen LogP contribution in [0.25, 0.3) is 10.9 Å². The quantitative estimate of drug-likeness (QED) is 0.662. The van der Waals surface area contributed by atoms with Crippen molar-refractivity contribution in [3.05, 3.63) is 30.0 Å². The lowest BCUT2D eigenvalue weighted by molar-refractivity contribution is 0.0779. The van der Waals surface area contributed by atoms with Crippen molar-refractivity contribution in [2.24, 2.45) is 5.92 Å². The molecule has 0 aromatic carbocycles. The molecule has 3 rings (SSSR count). The molecule has 1 unspecified atom stereocenters. The number of H-pyrrole nitrogens is 1. The summed E-state index contributed by atoms with van der Waals surface area (Å²) < 4.78 is 13.3. The van der Waals surface area contributed by atoms with Gasteiger partial charge in [-0.15, -0.1) is 0 Å². The Morgan fingerprint density at radius 2 is 2.31 bits per heavy atom. The molecule has 0 bridgehead atoms. The first-order chi connectivity index (χ1) is 7.77. The largest absolute Gasteiger partial charge is 0.388 e. The van der Waals surface area contributed by atoms with Crippen LogP contribution in [0.15, 0.2) is 18.5 Å². The molecule has 1 aliphatic heterocycles. The Bertz CT molecular complexity index is 521. The molecule has 5 heteroatoms. The van der Waals surface area contributed by atoms with Crippen molar-refractivity contribution in [2.75, 3.05) is 13.1 Å². The third kappa shape index (κ3) is 1.32. The van der Waals surface area contributed by atoms with Crippen molar-refractivity contribution in [2.45, 2.75) is 6.10 Å². The number of fused-ring (bicyclic) bond motifs is 1. The van der Waals surface area contributed by atoms with E-state index < -0.39 is 12.1 Å². The summed E-state index contributed by atoms with van der Waals surface area (Å²) in [5.74, 6) is -0.307. The van der Waals surface area contributed by atoms with Gasteiger partial charge in [0.2, 0.25) is 5.95 Å². The maximum absolute atomic E-state index is 13.3. The molecule has 3 N–H and O–H groups in total. The third-order valence-electron chi connectivity index (χ3n) is 3.17. The lowest BCUT2D eigenvalue weighted by Gasteiger charge is -2.31. The zero-order chi connectivity index (χ0) is 11.1. The lowest BCUT2D eigenvalue weighted by Crippen LogP contribution is -2.45. The molecule has 0 radical (unpaired) electrons. The van der Waals surface area contributed by atoms with E-state index in [-0.39, 0.29) is 5.92 Å². The van der Waals surface area contributed by atoms with E-state index in [0.717, 1.165) is 18.7 Å². The van der Waals surface area contributed by atoms with Crippen LogP contribution in [0.1, 0.15) is 11.7 Å². The van der Waals surface area contributed by atoms with E-state index in [1.54, 1.807) is 12.3 Å². The van der Waals surface area contributed by atoms with Crippen molar-refractivity contribution < 1.29 is 9.50 Å². The molecule has 1 aliphatic rings. The van der Waals surface area contributed by atoms with E-state index >= 15 is 0 Å². The summed E-state index contributed by atoms with van der Waals surface area (Å²) in [5, 5.41) is 13.9. The average molecular weight is 221 g/mol. The Kier molecular flexibility index (Phi) is 2.15. The third-order valence-corrected chi connectivity index (χ3v) is 3.17. The first-order valence-electron chi connectivity index (χ1n) is 5.27. The lowest BCUT2D eigenvalue weighted by atomic mass is 9.91. The number of pyridine rings is 1. The molecule has 3 heterocycles. The van der Waals surface area contributed by atoms with Crippen LogP contribution in [0, 0.1) is 11.9 Å². The van der Waals surface area contributed by atoms with E-state index in [4.69, 9.17) is 0 Å². The van der Waals surface area contributed by atoms with Gasteiger partial charge in [0.15, 0.2) is 0 Å². The molecule has 16 heavy (non-hydrogen) atoms. The maximum atomic E-state index is 13.3. The van der Waals surface area contributed by atoms with Crippen LogP contribution in [0.5, 0.6) is 0 Å². The Labute approximate surface area is 91.5 Å². The van der Waals surface area contributed by atoms with Gasteiger partial charge in [0, 0.05) is 42.4 Å². The van der Waals surface area contributed by atoms with E-state index in [2.05, 4.69) is 15.3 Å². The molecule has 1 atom stereocenters. The monoisotopic (exact) mass is 221 g/mol. The van der Waals surface area contributed by atoms with Crippen LogP contribution < -0.4 is 5.32 Å². The highest BCUT2D eigenvalue weighted by Crippen LogP contribution is 2.30. The number of aromatic nitrogens is 2. The second-order valence-corrected chi connectivity index (χ2v) is 4.13. The Morgan fingerprint density at radius 3 is 3.00 bits per heavy atom. The first kappa shape index (κ1) is 9.74. The second-order valence-electron chi connectivity index (χ2n) is 4.13. The van der Waals surface area contributed by atoms with E-state index in [9.17, 15) is 9.50 Å². The molecular weight excluding hydrogens is 209 g/mol. The summed E-state index contributed by atoms with van der Waals surface area (Å²) >= 11 is 0. The van der Waals surface area contributed by atoms with Gasteiger partial charge >= 0.3 is 0 Å². The molecule has 1 fully saturated rings. The maximum Gasteiger partial charge on any atom is 0.237 e. The van der Waals surface area contributed by atoms with Crippen LogP contribution in [0.2, 0.25) is 0 Å². The van der Waals surface area contributed by atoms with Gasteiger partial charge in [-0.2, -0.15) is 4.39 Å². The zero-order valence-corrected chi connectivity index (χ0v) is 8.57. The van der Waals surface area contributed by atoms with Crippen LogP contribution in [-0.2, 0) is 0 Å². The average Bonchev–Trinajstić information content (AvgIpc) is 2.59. The fraction of sp³-hybridized carbons (Fsp3) is 0.364. The van der Waals surface area contributed by atoms with Gasteiger partial charge < -0.3 is 15.4 Å². The summed E-state index contributed by atoms with van der Waals surface area (Å²) in [4.78, 5) is 6.39. The van der Waals surface area contributed by atoms with Gasteiger partial charge in [-0.25, -0.2) is 4.98 Å². The van der Waals surface area contributed by atoms with E-state index in [1.165, 1.54) is 6.20 Å². The van der Waals surface area contributed by atoms with Gasteiger partial charge in [0.1, 0.15) is 5.52 Å². The van der Waals surface area contributed by atoms with Crippen LogP contribution in [0.4, 0.5) is 4.39 Å². The number of aliphatic hydroxyl groups excluding tert-OH is 1. The van der Waals surface area contributed by atoms with Crippen LogP contribution >= 0.6 is 0 Å². The molecule has 0 amide bonds. The molecule has 2 aromatic rings. The van der Waals surface area contributed by atoms with Crippen molar-refractivity contribution >= 4 is 10.9 Å². The molecule has 4 nitrogen and oxygen atoms in total. The Hall–Kier alpha value is -1.46. The fourth-order valence-corrected chi connectivity index (χ4v) is 2.07. The van der Waals surface area contributed by atoms with Gasteiger partial charge in [-0.05, 0) is 6.07 Å². The molecule has 2 aromatic heterocycles. The number of halogens is 1. The summed E-state index contributed by atoms with van der Waals surface area (Å²) in [6.45, 7) is 1.61. The van der Waals surface area contributed by atoms with Gasteiger partial charge in [0.05, 0.1) is 6.10 Å². The SMILES string of the molecule is OC(c1c[nH]c2c(F)nccc12)C1CNC1. The molecule has 0 aliphatic carbocycles. The Balaban J connectivity index is 2.06. The van der Waals surface area contributed by atoms with E-state index in [1.807, 2.05) is 0 Å². The first-order valence-corrected chi connectivity index (χ1v) is 5.27. The summed E-state index contributed by atoms with van der Waals surface area (Å²) in [7, 11) is 0. The van der Waals surface area contributed by atoms with Crippen molar-refractivity contribution in [3.63, 3.8) is 0 Å². The highest BCUT2D eigenvalue weighted by Gasteiger charge is 2.28. The fourth-order valence-electron chi connectivity index (χ4n) is 2.07. The van der Waals surface area contributed by atoms with Gasteiger partial charge in [-0.3, -0.25) is 0 Å². The van der Waals surface area contributed by atoms with Gasteiger partial charge in [-0.1, -0.05) is 0 Å². The van der Waals surface area contributed by atoms with E-state index in [0.29, 0.717) is 10.9 Å². The Morgan fingerprint density at radius 1 is 1.50 bits per heavy atom. The minimum absolute atomic E-state index is 0.218. The van der Waals surface area contributed by atoms with Crippen molar-refractivity contribution in [1.82, 2.24) is 15.3 Å². The number of aromatic amines is 1. The topological polar surface area (TPSA) is 60.9 Å². The highest BCUT2D eigenvalue weighted by atomic mass is 19.1. The molecular formula is C11H12FN3O. The number of rotatable bonds is 2. The number of aliphatic hydroxyl groups is 1. The van der Waals surface area contributed by atoms with Gasteiger partial charge in [0.25, 0.3) is 0 Å². The highest BCUT2D eigenvalue weighted by molar-refractivity contribution is 5.83. The second kappa shape index (κ2) is 3.54. The smallest absolute Gasteiger partial charge is 0.237 e. The summed E-state index contributed by atoms with van der Waals surface area (Å²) in [5.41, 5.74) is 1.12. The number of nitrogens with one attached hydrogen (secondary N) is 2. The number of hydrogen-bond donors (Lipinski definition) is 3. The van der Waals surface area contributed by atoms with Crippen LogP contribution in [0.3, 0.4) is 0 Å². The molecule has 1 saturated heterocycles. The minimum atomic E-state index is -0.545. The zero-order valence-electron chi connectivity index (χ0n) is 8.57. The predicted molar refractivity (Wildman–Crippen MR) is 57.4 cm³/mol. The molecule has 0 spiro atoms. The number of nitrogens with zero attached hydrogens (tertiary/aromatic N) is 1. The molecule has 84 valence electrons. The normalized spacial score (nSPS) is 18.6. The standard InChI is InChI=1S/C11H12FN3O/c12-11-9-7(1-2-14-11)8(5-15-9)10(16)6-3-13-4-6/h1-2,5-6,10,13,15-16H,3-4H2. The van der Waals surface area contributed by atoms with Crippen LogP contribution in [-0.4, -0.2) is 28.2 Å². The summed E-state index contributed by atoms with van der Waals surface area (Å²) in [6.07, 6.45) is 2.54. The molecule has 0 saturated carbocycles. The van der Waals surface area contributed by atoms with Crippen molar-refractivity contribution in [1.29, 1.82) is 0 Å². The predicted octanol–water partition coefficient (Wildman–Crippen LogP) is 0.955. The minimum Gasteiger partial charge on any atom is -0.388 e. The van der Waals surface area contributed by atoms with Crippen molar-refractivity contribution in [3.8, 4) is 0 Å².